The standard InChI is InChI=1S/C14H14N2OS/c17-14(13-9-5-11-18-13)16-15-10-4-8-12-6-2-1-3-7-12/h1-3,5-7,9-11H,4,8H2,(H,16,17)/b15-10-. The van der Waals surface area contributed by atoms with E-state index in [2.05, 4.69) is 22.7 Å². The van der Waals surface area contributed by atoms with Crippen LogP contribution < -0.4 is 5.43 Å². The summed E-state index contributed by atoms with van der Waals surface area (Å²) in [5.74, 6) is -0.152. The number of carbonyl (C=O) groups is 1. The van der Waals surface area contributed by atoms with E-state index in [9.17, 15) is 4.79 Å². The van der Waals surface area contributed by atoms with Crippen molar-refractivity contribution >= 4 is 23.5 Å². The molecule has 0 saturated heterocycles. The van der Waals surface area contributed by atoms with Gasteiger partial charge in [0.25, 0.3) is 5.91 Å². The number of aryl methyl sites for hydroxylation is 1. The summed E-state index contributed by atoms with van der Waals surface area (Å²) in [7, 11) is 0. The van der Waals surface area contributed by atoms with Gasteiger partial charge in [0.2, 0.25) is 0 Å². The zero-order valence-electron chi connectivity index (χ0n) is 9.87. The molecule has 92 valence electrons. The molecule has 0 aliphatic heterocycles. The van der Waals surface area contributed by atoms with Crippen molar-refractivity contribution in [2.45, 2.75) is 12.8 Å². The van der Waals surface area contributed by atoms with Crippen molar-refractivity contribution in [2.75, 3.05) is 0 Å². The van der Waals surface area contributed by atoms with E-state index in [1.54, 1.807) is 12.3 Å². The van der Waals surface area contributed by atoms with Gasteiger partial charge in [0, 0.05) is 6.21 Å². The van der Waals surface area contributed by atoms with Crippen LogP contribution in [0.15, 0.2) is 52.9 Å². The van der Waals surface area contributed by atoms with E-state index in [1.807, 2.05) is 29.6 Å². The Labute approximate surface area is 110 Å². The van der Waals surface area contributed by atoms with Gasteiger partial charge in [0.15, 0.2) is 0 Å². The van der Waals surface area contributed by atoms with Crippen LogP contribution in [0.25, 0.3) is 0 Å². The van der Waals surface area contributed by atoms with Crippen LogP contribution in [0.5, 0.6) is 0 Å². The Morgan fingerprint density at radius 1 is 1.22 bits per heavy atom. The van der Waals surface area contributed by atoms with E-state index in [4.69, 9.17) is 0 Å². The molecule has 2 aromatic rings. The largest absolute Gasteiger partial charge is 0.281 e. The van der Waals surface area contributed by atoms with E-state index in [-0.39, 0.29) is 5.91 Å². The molecule has 1 heterocycles. The second-order valence-corrected chi connectivity index (χ2v) is 4.70. The normalized spacial score (nSPS) is 10.7. The lowest BCUT2D eigenvalue weighted by molar-refractivity contribution is 0.0959. The first kappa shape index (κ1) is 12.5. The minimum absolute atomic E-state index is 0.152. The van der Waals surface area contributed by atoms with Crippen LogP contribution >= 0.6 is 11.3 Å². The Hall–Kier alpha value is -1.94. The summed E-state index contributed by atoms with van der Waals surface area (Å²) in [6, 6.07) is 13.8. The van der Waals surface area contributed by atoms with Gasteiger partial charge < -0.3 is 0 Å². The summed E-state index contributed by atoms with van der Waals surface area (Å²) in [4.78, 5) is 12.2. The first-order valence-corrected chi connectivity index (χ1v) is 6.63. The predicted octanol–water partition coefficient (Wildman–Crippen LogP) is 3.10. The van der Waals surface area contributed by atoms with Gasteiger partial charge in [0.1, 0.15) is 0 Å². The maximum atomic E-state index is 11.5. The van der Waals surface area contributed by atoms with E-state index >= 15 is 0 Å². The molecule has 0 fully saturated rings. The number of thiophene rings is 1. The quantitative estimate of drug-likeness (QED) is 0.650. The fourth-order valence-corrected chi connectivity index (χ4v) is 2.12. The first-order chi connectivity index (χ1) is 8.86. The zero-order chi connectivity index (χ0) is 12.6. The van der Waals surface area contributed by atoms with Crippen molar-refractivity contribution in [3.63, 3.8) is 0 Å². The number of benzene rings is 1. The van der Waals surface area contributed by atoms with Crippen LogP contribution in [-0.2, 0) is 6.42 Å². The van der Waals surface area contributed by atoms with Crippen molar-refractivity contribution in [3.05, 3.63) is 58.3 Å². The number of hydrazone groups is 1. The van der Waals surface area contributed by atoms with Crippen LogP contribution in [0.4, 0.5) is 0 Å². The molecule has 3 nitrogen and oxygen atoms in total. The summed E-state index contributed by atoms with van der Waals surface area (Å²) in [6.45, 7) is 0. The third kappa shape index (κ3) is 3.82. The van der Waals surface area contributed by atoms with Gasteiger partial charge in [-0.2, -0.15) is 5.10 Å². The number of carbonyl (C=O) groups excluding carboxylic acids is 1. The molecule has 18 heavy (non-hydrogen) atoms. The molecule has 0 bridgehead atoms. The smallest absolute Gasteiger partial charge is 0.266 e. The fourth-order valence-electron chi connectivity index (χ4n) is 1.51. The Kier molecular flexibility index (Phi) is 4.67. The Bertz CT molecular complexity index is 506. The molecule has 0 saturated carbocycles. The summed E-state index contributed by atoms with van der Waals surface area (Å²) in [5.41, 5.74) is 3.78. The molecule has 1 aromatic heterocycles. The molecule has 1 N–H and O–H groups in total. The predicted molar refractivity (Wildman–Crippen MR) is 75.0 cm³/mol. The summed E-state index contributed by atoms with van der Waals surface area (Å²) < 4.78 is 0. The maximum Gasteiger partial charge on any atom is 0.281 e. The molecule has 4 heteroatoms. The van der Waals surface area contributed by atoms with Gasteiger partial charge in [-0.3, -0.25) is 4.79 Å². The van der Waals surface area contributed by atoms with Crippen molar-refractivity contribution in [1.29, 1.82) is 0 Å². The minimum atomic E-state index is -0.152. The van der Waals surface area contributed by atoms with E-state index in [0.717, 1.165) is 12.8 Å². The average Bonchev–Trinajstić information content (AvgIpc) is 2.93. The van der Waals surface area contributed by atoms with Crippen LogP contribution in [0.3, 0.4) is 0 Å². The monoisotopic (exact) mass is 258 g/mol. The highest BCUT2D eigenvalue weighted by atomic mass is 32.1. The zero-order valence-corrected chi connectivity index (χ0v) is 10.7. The molecule has 0 aliphatic rings. The lowest BCUT2D eigenvalue weighted by Gasteiger charge is -1.97. The van der Waals surface area contributed by atoms with Crippen molar-refractivity contribution in [2.24, 2.45) is 5.10 Å². The molecule has 2 rings (SSSR count). The number of nitrogens with one attached hydrogen (secondary N) is 1. The van der Waals surface area contributed by atoms with Gasteiger partial charge in [-0.15, -0.1) is 11.3 Å². The Morgan fingerprint density at radius 2 is 2.06 bits per heavy atom. The molecule has 0 radical (unpaired) electrons. The maximum absolute atomic E-state index is 11.5. The van der Waals surface area contributed by atoms with Crippen molar-refractivity contribution in [1.82, 2.24) is 5.43 Å². The number of nitrogens with zero attached hydrogens (tertiary/aromatic N) is 1. The molecule has 0 aliphatic carbocycles. The first-order valence-electron chi connectivity index (χ1n) is 5.75. The number of hydrogen-bond acceptors (Lipinski definition) is 3. The molecular formula is C14H14N2OS. The highest BCUT2D eigenvalue weighted by Crippen LogP contribution is 2.07. The van der Waals surface area contributed by atoms with Crippen LogP contribution in [0, 0.1) is 0 Å². The molecule has 1 amide bonds. The van der Waals surface area contributed by atoms with Crippen molar-refractivity contribution in [3.8, 4) is 0 Å². The van der Waals surface area contributed by atoms with E-state index in [0.29, 0.717) is 4.88 Å². The van der Waals surface area contributed by atoms with Gasteiger partial charge >= 0.3 is 0 Å². The molecule has 1 aromatic carbocycles. The van der Waals surface area contributed by atoms with Gasteiger partial charge in [-0.1, -0.05) is 36.4 Å². The topological polar surface area (TPSA) is 41.5 Å². The van der Waals surface area contributed by atoms with Gasteiger partial charge in [-0.05, 0) is 29.9 Å². The average molecular weight is 258 g/mol. The van der Waals surface area contributed by atoms with Gasteiger partial charge in [0.05, 0.1) is 4.88 Å². The third-order valence-electron chi connectivity index (χ3n) is 2.41. The van der Waals surface area contributed by atoms with Crippen LogP contribution in [-0.4, -0.2) is 12.1 Å². The number of rotatable bonds is 5. The Balaban J connectivity index is 1.71. The fraction of sp³-hybridized carbons (Fsp3) is 0.143. The molecule has 0 spiro atoms. The van der Waals surface area contributed by atoms with E-state index in [1.165, 1.54) is 16.9 Å². The lowest BCUT2D eigenvalue weighted by Crippen LogP contribution is -2.15. The van der Waals surface area contributed by atoms with Crippen LogP contribution in [0.2, 0.25) is 0 Å². The lowest BCUT2D eigenvalue weighted by atomic mass is 10.1. The summed E-state index contributed by atoms with van der Waals surface area (Å²) >= 11 is 1.41. The summed E-state index contributed by atoms with van der Waals surface area (Å²) in [5, 5.41) is 5.79. The van der Waals surface area contributed by atoms with E-state index < -0.39 is 0 Å². The van der Waals surface area contributed by atoms with Gasteiger partial charge in [-0.25, -0.2) is 5.43 Å². The highest BCUT2D eigenvalue weighted by Gasteiger charge is 2.03. The molecular weight excluding hydrogens is 244 g/mol. The second kappa shape index (κ2) is 6.71. The Morgan fingerprint density at radius 3 is 2.78 bits per heavy atom. The second-order valence-electron chi connectivity index (χ2n) is 3.75. The molecule has 0 unspecified atom stereocenters. The van der Waals surface area contributed by atoms with Crippen molar-refractivity contribution < 1.29 is 4.79 Å². The number of hydrogen-bond donors (Lipinski definition) is 1. The highest BCUT2D eigenvalue weighted by molar-refractivity contribution is 7.12. The van der Waals surface area contributed by atoms with Crippen LogP contribution in [0.1, 0.15) is 21.7 Å². The minimum Gasteiger partial charge on any atom is -0.266 e. The SMILES string of the molecule is O=C(N/N=C\CCc1ccccc1)c1cccs1. The molecule has 0 atom stereocenters. The summed E-state index contributed by atoms with van der Waals surface area (Å²) in [6.07, 6.45) is 3.48. The third-order valence-corrected chi connectivity index (χ3v) is 3.28. The number of amides is 1.